The van der Waals surface area contributed by atoms with Crippen LogP contribution in [-0.2, 0) is 26.2 Å². The maximum atomic E-state index is 14.4. The molecule has 8 heteroatoms. The fourth-order valence-corrected chi connectivity index (χ4v) is 7.09. The quantitative estimate of drug-likeness (QED) is 0.276. The van der Waals surface area contributed by atoms with Gasteiger partial charge >= 0.3 is 0 Å². The van der Waals surface area contributed by atoms with Crippen molar-refractivity contribution < 1.29 is 18.0 Å². The van der Waals surface area contributed by atoms with E-state index in [0.29, 0.717) is 12.1 Å². The number of anilines is 1. The summed E-state index contributed by atoms with van der Waals surface area (Å²) in [4.78, 5) is 29.8. The Bertz CT molecular complexity index is 1530. The number of nitrogens with zero attached hydrogens (tertiary/aromatic N) is 2. The lowest BCUT2D eigenvalue weighted by Crippen LogP contribution is -2.54. The standard InChI is InChI=1S/C35H45N3O4S/c1-6-33(35(40)36-30-14-8-7-9-15-30)37(23-29-13-11-10-12-27(29)4)34(39)24-38(31-19-18-26(3)28(5)22-31)43(41,42)32-20-16-25(2)17-21-32/h10-13,16-22,30,33H,6-9,14-15,23-24H2,1-5H3,(H,36,40)/t33-/m0/s1. The minimum atomic E-state index is -4.10. The minimum Gasteiger partial charge on any atom is -0.352 e. The molecule has 0 aromatic heterocycles. The molecule has 2 amide bonds. The third-order valence-electron chi connectivity index (χ3n) is 8.61. The summed E-state index contributed by atoms with van der Waals surface area (Å²) in [7, 11) is -4.10. The summed E-state index contributed by atoms with van der Waals surface area (Å²) in [5.41, 5.74) is 5.21. The van der Waals surface area contributed by atoms with Gasteiger partial charge in [-0.2, -0.15) is 0 Å². The fraction of sp³-hybridized carbons (Fsp3) is 0.429. The molecule has 0 unspecified atom stereocenters. The molecule has 0 saturated heterocycles. The number of amides is 2. The molecule has 1 N–H and O–H groups in total. The van der Waals surface area contributed by atoms with E-state index in [-0.39, 0.29) is 23.4 Å². The summed E-state index contributed by atoms with van der Waals surface area (Å²) in [6.07, 6.45) is 5.60. The van der Waals surface area contributed by atoms with Gasteiger partial charge in [0.05, 0.1) is 10.6 Å². The first-order valence-corrected chi connectivity index (χ1v) is 16.8. The molecule has 1 aliphatic carbocycles. The van der Waals surface area contributed by atoms with Gasteiger partial charge in [-0.1, -0.05) is 74.2 Å². The highest BCUT2D eigenvalue weighted by Gasteiger charge is 2.34. The number of rotatable bonds is 11. The Kier molecular flexibility index (Phi) is 10.7. The molecule has 1 fully saturated rings. The normalized spacial score (nSPS) is 14.6. The van der Waals surface area contributed by atoms with Crippen molar-refractivity contribution in [2.24, 2.45) is 0 Å². The average Bonchev–Trinajstić information content (AvgIpc) is 2.98. The van der Waals surface area contributed by atoms with E-state index in [1.165, 1.54) is 10.7 Å². The van der Waals surface area contributed by atoms with Gasteiger partial charge in [0, 0.05) is 12.6 Å². The number of carbonyl (C=O) groups is 2. The molecular weight excluding hydrogens is 558 g/mol. The molecule has 0 heterocycles. The third kappa shape index (κ3) is 7.85. The molecule has 43 heavy (non-hydrogen) atoms. The van der Waals surface area contributed by atoms with Crippen LogP contribution in [0.2, 0.25) is 0 Å². The molecule has 230 valence electrons. The summed E-state index contributed by atoms with van der Waals surface area (Å²) in [5.74, 6) is -0.613. The molecule has 7 nitrogen and oxygen atoms in total. The number of hydrogen-bond donors (Lipinski definition) is 1. The van der Waals surface area contributed by atoms with Crippen LogP contribution >= 0.6 is 0 Å². The second-order valence-corrected chi connectivity index (χ2v) is 13.7. The minimum absolute atomic E-state index is 0.0969. The monoisotopic (exact) mass is 603 g/mol. The smallest absolute Gasteiger partial charge is 0.264 e. The summed E-state index contributed by atoms with van der Waals surface area (Å²) < 4.78 is 29.4. The second-order valence-electron chi connectivity index (χ2n) is 11.8. The van der Waals surface area contributed by atoms with Crippen LogP contribution in [0.3, 0.4) is 0 Å². The van der Waals surface area contributed by atoms with Gasteiger partial charge in [-0.15, -0.1) is 0 Å². The van der Waals surface area contributed by atoms with Gasteiger partial charge < -0.3 is 10.2 Å². The van der Waals surface area contributed by atoms with Crippen LogP contribution < -0.4 is 9.62 Å². The highest BCUT2D eigenvalue weighted by molar-refractivity contribution is 7.92. The molecule has 0 aliphatic heterocycles. The van der Waals surface area contributed by atoms with Gasteiger partial charge in [0.15, 0.2) is 0 Å². The molecule has 3 aromatic carbocycles. The Morgan fingerprint density at radius 1 is 0.860 bits per heavy atom. The molecule has 0 spiro atoms. The Hall–Kier alpha value is -3.65. The van der Waals surface area contributed by atoms with Crippen molar-refractivity contribution in [2.75, 3.05) is 10.8 Å². The summed E-state index contributed by atoms with van der Waals surface area (Å²) in [5, 5.41) is 3.20. The predicted molar refractivity (Wildman–Crippen MR) is 172 cm³/mol. The Morgan fingerprint density at radius 3 is 2.16 bits per heavy atom. The lowest BCUT2D eigenvalue weighted by molar-refractivity contribution is -0.140. The SMILES string of the molecule is CC[C@@H](C(=O)NC1CCCCC1)N(Cc1ccccc1C)C(=O)CN(c1ccc(C)c(C)c1)S(=O)(=O)c1ccc(C)cc1. The molecule has 1 atom stereocenters. The van der Waals surface area contributed by atoms with Gasteiger partial charge in [0.2, 0.25) is 11.8 Å². The van der Waals surface area contributed by atoms with Gasteiger partial charge in [-0.3, -0.25) is 13.9 Å². The van der Waals surface area contributed by atoms with E-state index >= 15 is 0 Å². The number of hydrogen-bond acceptors (Lipinski definition) is 4. The van der Waals surface area contributed by atoms with E-state index in [4.69, 9.17) is 0 Å². The topological polar surface area (TPSA) is 86.8 Å². The molecule has 4 rings (SSSR count). The van der Waals surface area contributed by atoms with E-state index in [0.717, 1.165) is 53.5 Å². The van der Waals surface area contributed by atoms with Gasteiger partial charge in [-0.05, 0) is 93.5 Å². The van der Waals surface area contributed by atoms with Gasteiger partial charge in [0.1, 0.15) is 12.6 Å². The third-order valence-corrected chi connectivity index (χ3v) is 10.4. The number of nitrogens with one attached hydrogen (secondary N) is 1. The average molecular weight is 604 g/mol. The van der Waals surface area contributed by atoms with Crippen molar-refractivity contribution in [1.29, 1.82) is 0 Å². The van der Waals surface area contributed by atoms with E-state index < -0.39 is 28.5 Å². The zero-order chi connectivity index (χ0) is 31.1. The van der Waals surface area contributed by atoms with Crippen LogP contribution in [-0.4, -0.2) is 43.8 Å². The first-order chi connectivity index (χ1) is 20.5. The van der Waals surface area contributed by atoms with Crippen LogP contribution in [0, 0.1) is 27.7 Å². The van der Waals surface area contributed by atoms with Crippen LogP contribution in [0.4, 0.5) is 5.69 Å². The Morgan fingerprint density at radius 2 is 1.53 bits per heavy atom. The fourth-order valence-electron chi connectivity index (χ4n) is 5.68. The maximum Gasteiger partial charge on any atom is 0.264 e. The van der Waals surface area contributed by atoms with Crippen molar-refractivity contribution in [3.05, 3.63) is 94.5 Å². The van der Waals surface area contributed by atoms with Crippen LogP contribution in [0.5, 0.6) is 0 Å². The van der Waals surface area contributed by atoms with Crippen molar-refractivity contribution in [2.45, 2.75) is 96.7 Å². The van der Waals surface area contributed by atoms with E-state index in [1.807, 2.05) is 65.0 Å². The Balaban J connectivity index is 1.73. The van der Waals surface area contributed by atoms with Gasteiger partial charge in [0.25, 0.3) is 10.0 Å². The zero-order valence-corrected chi connectivity index (χ0v) is 26.9. The van der Waals surface area contributed by atoms with Gasteiger partial charge in [-0.25, -0.2) is 8.42 Å². The number of sulfonamides is 1. The van der Waals surface area contributed by atoms with Crippen LogP contribution in [0.1, 0.15) is 73.3 Å². The zero-order valence-electron chi connectivity index (χ0n) is 26.1. The highest BCUT2D eigenvalue weighted by Crippen LogP contribution is 2.27. The van der Waals surface area contributed by atoms with Crippen LogP contribution in [0.25, 0.3) is 0 Å². The molecule has 3 aromatic rings. The van der Waals surface area contributed by atoms with E-state index in [9.17, 15) is 18.0 Å². The lowest BCUT2D eigenvalue weighted by Gasteiger charge is -2.35. The summed E-state index contributed by atoms with van der Waals surface area (Å²) in [6.45, 7) is 9.42. The number of carbonyl (C=O) groups excluding carboxylic acids is 2. The number of aryl methyl sites for hydroxylation is 4. The summed E-state index contributed by atoms with van der Waals surface area (Å²) >= 11 is 0. The number of benzene rings is 3. The molecular formula is C35H45N3O4S. The highest BCUT2D eigenvalue weighted by atomic mass is 32.2. The van der Waals surface area contributed by atoms with E-state index in [2.05, 4.69) is 5.32 Å². The first-order valence-electron chi connectivity index (χ1n) is 15.3. The largest absolute Gasteiger partial charge is 0.352 e. The first kappa shape index (κ1) is 32.3. The second kappa shape index (κ2) is 14.2. The van der Waals surface area contributed by atoms with Crippen molar-refractivity contribution >= 4 is 27.5 Å². The van der Waals surface area contributed by atoms with Crippen molar-refractivity contribution in [3.63, 3.8) is 0 Å². The van der Waals surface area contributed by atoms with Crippen LogP contribution in [0.15, 0.2) is 71.6 Å². The molecule has 0 bridgehead atoms. The Labute approximate surface area is 257 Å². The lowest BCUT2D eigenvalue weighted by atomic mass is 9.95. The molecule has 0 radical (unpaired) electrons. The van der Waals surface area contributed by atoms with E-state index in [1.54, 1.807) is 41.3 Å². The molecule has 1 aliphatic rings. The van der Waals surface area contributed by atoms with Crippen molar-refractivity contribution in [3.8, 4) is 0 Å². The molecule has 1 saturated carbocycles. The predicted octanol–water partition coefficient (Wildman–Crippen LogP) is 6.37. The maximum absolute atomic E-state index is 14.4. The summed E-state index contributed by atoms with van der Waals surface area (Å²) in [6, 6.07) is 19.2. The van der Waals surface area contributed by atoms with Crippen molar-refractivity contribution in [1.82, 2.24) is 10.2 Å².